The Morgan fingerprint density at radius 3 is 2.84 bits per heavy atom. The van der Waals surface area contributed by atoms with E-state index in [0.29, 0.717) is 5.76 Å². The summed E-state index contributed by atoms with van der Waals surface area (Å²) >= 11 is 0. The predicted molar refractivity (Wildman–Crippen MR) is 65.4 cm³/mol. The molecule has 0 radical (unpaired) electrons. The van der Waals surface area contributed by atoms with Gasteiger partial charge in [-0.15, -0.1) is 0 Å². The lowest BCUT2D eigenvalue weighted by Gasteiger charge is -2.06. The van der Waals surface area contributed by atoms with E-state index in [9.17, 15) is 14.9 Å². The molecule has 0 spiro atoms. The Morgan fingerprint density at radius 2 is 2.26 bits per heavy atom. The minimum atomic E-state index is -0.655. The fourth-order valence-corrected chi connectivity index (χ4v) is 1.51. The molecule has 0 saturated heterocycles. The lowest BCUT2D eigenvalue weighted by molar-refractivity contribution is -0.384. The van der Waals surface area contributed by atoms with Gasteiger partial charge < -0.3 is 15.6 Å². The fraction of sp³-hybridized carbons (Fsp3) is 0.0909. The van der Waals surface area contributed by atoms with Crippen molar-refractivity contribution in [2.45, 2.75) is 6.54 Å². The van der Waals surface area contributed by atoms with E-state index in [0.717, 1.165) is 0 Å². The molecule has 8 heteroatoms. The Kier molecular flexibility index (Phi) is 3.42. The number of hydrogen-bond acceptors (Lipinski definition) is 6. The normalized spacial score (nSPS) is 10.1. The summed E-state index contributed by atoms with van der Waals surface area (Å²) < 4.78 is 4.86. The van der Waals surface area contributed by atoms with Crippen LogP contribution >= 0.6 is 0 Å². The van der Waals surface area contributed by atoms with Crippen LogP contribution in [-0.4, -0.2) is 16.0 Å². The zero-order chi connectivity index (χ0) is 13.8. The molecule has 1 heterocycles. The second kappa shape index (κ2) is 5.17. The van der Waals surface area contributed by atoms with Crippen LogP contribution in [0.25, 0.3) is 0 Å². The lowest BCUT2D eigenvalue weighted by atomic mass is 10.1. The third-order valence-electron chi connectivity index (χ3n) is 2.42. The second-order valence-electron chi connectivity index (χ2n) is 3.69. The minimum absolute atomic E-state index is 0.149. The van der Waals surface area contributed by atoms with Crippen molar-refractivity contribution in [2.75, 3.05) is 5.32 Å². The van der Waals surface area contributed by atoms with E-state index in [-0.39, 0.29) is 23.5 Å². The van der Waals surface area contributed by atoms with Crippen LogP contribution in [0.5, 0.6) is 0 Å². The van der Waals surface area contributed by atoms with Gasteiger partial charge in [0.15, 0.2) is 5.76 Å². The van der Waals surface area contributed by atoms with Gasteiger partial charge in [0.25, 0.3) is 5.69 Å². The third kappa shape index (κ3) is 2.86. The highest BCUT2D eigenvalue weighted by molar-refractivity contribution is 5.94. The number of nitro benzene ring substituents is 1. The van der Waals surface area contributed by atoms with Gasteiger partial charge in [0, 0.05) is 17.7 Å². The van der Waals surface area contributed by atoms with Crippen molar-refractivity contribution in [3.8, 4) is 0 Å². The molecule has 0 aliphatic heterocycles. The van der Waals surface area contributed by atoms with Gasteiger partial charge in [-0.3, -0.25) is 14.9 Å². The van der Waals surface area contributed by atoms with Crippen molar-refractivity contribution in [2.24, 2.45) is 5.73 Å². The van der Waals surface area contributed by atoms with Crippen molar-refractivity contribution < 1.29 is 14.2 Å². The molecular weight excluding hydrogens is 252 g/mol. The number of benzene rings is 1. The first-order valence-electron chi connectivity index (χ1n) is 5.29. The molecule has 19 heavy (non-hydrogen) atoms. The van der Waals surface area contributed by atoms with Crippen molar-refractivity contribution in [1.82, 2.24) is 5.16 Å². The molecule has 0 atom stereocenters. The van der Waals surface area contributed by atoms with Gasteiger partial charge in [0.2, 0.25) is 5.91 Å². The van der Waals surface area contributed by atoms with E-state index in [1.54, 1.807) is 6.07 Å². The summed E-state index contributed by atoms with van der Waals surface area (Å²) in [5.41, 5.74) is 5.36. The monoisotopic (exact) mass is 262 g/mol. The largest absolute Gasteiger partial charge is 0.372 e. The third-order valence-corrected chi connectivity index (χ3v) is 2.42. The number of nitrogens with zero attached hydrogens (tertiary/aromatic N) is 2. The number of nitrogens with one attached hydrogen (secondary N) is 1. The van der Waals surface area contributed by atoms with E-state index in [1.165, 1.54) is 24.4 Å². The Morgan fingerprint density at radius 1 is 1.47 bits per heavy atom. The van der Waals surface area contributed by atoms with Crippen LogP contribution < -0.4 is 11.1 Å². The number of amides is 1. The summed E-state index contributed by atoms with van der Waals surface area (Å²) in [5.74, 6) is -0.142. The quantitative estimate of drug-likeness (QED) is 0.618. The van der Waals surface area contributed by atoms with Gasteiger partial charge in [0.1, 0.15) is 5.69 Å². The molecule has 1 aromatic heterocycles. The Hall–Kier alpha value is -2.90. The van der Waals surface area contributed by atoms with Crippen molar-refractivity contribution in [3.05, 3.63) is 51.9 Å². The number of carbonyl (C=O) groups excluding carboxylic acids is 1. The Labute approximate surface area is 107 Å². The molecule has 0 unspecified atom stereocenters. The Balaban J connectivity index is 2.27. The van der Waals surface area contributed by atoms with Crippen molar-refractivity contribution >= 4 is 17.3 Å². The zero-order valence-electron chi connectivity index (χ0n) is 9.70. The average Bonchev–Trinajstić information content (AvgIpc) is 2.88. The van der Waals surface area contributed by atoms with Gasteiger partial charge in [-0.1, -0.05) is 5.16 Å². The maximum atomic E-state index is 11.1. The lowest BCUT2D eigenvalue weighted by Crippen LogP contribution is -2.12. The maximum absolute atomic E-state index is 11.1. The number of primary amides is 1. The minimum Gasteiger partial charge on any atom is -0.372 e. The highest BCUT2D eigenvalue weighted by atomic mass is 16.6. The molecule has 98 valence electrons. The van der Waals surface area contributed by atoms with Gasteiger partial charge in [0.05, 0.1) is 17.7 Å². The first-order chi connectivity index (χ1) is 9.08. The molecule has 1 aromatic carbocycles. The van der Waals surface area contributed by atoms with Crippen LogP contribution in [0.2, 0.25) is 0 Å². The molecule has 0 saturated carbocycles. The summed E-state index contributed by atoms with van der Waals surface area (Å²) in [7, 11) is 0. The molecule has 0 fully saturated rings. The van der Waals surface area contributed by atoms with E-state index in [1.807, 2.05) is 0 Å². The first-order valence-corrected chi connectivity index (χ1v) is 5.29. The maximum Gasteiger partial charge on any atom is 0.292 e. The highest BCUT2D eigenvalue weighted by Crippen LogP contribution is 2.25. The number of rotatable bonds is 5. The summed E-state index contributed by atoms with van der Waals surface area (Å²) in [6.45, 7) is 0.211. The van der Waals surface area contributed by atoms with Crippen LogP contribution in [0, 0.1) is 10.1 Å². The van der Waals surface area contributed by atoms with E-state index >= 15 is 0 Å². The number of hydrogen-bond donors (Lipinski definition) is 2. The number of nitro groups is 1. The number of anilines is 1. The van der Waals surface area contributed by atoms with E-state index < -0.39 is 10.8 Å². The van der Waals surface area contributed by atoms with Crippen LogP contribution in [-0.2, 0) is 6.54 Å². The zero-order valence-corrected chi connectivity index (χ0v) is 9.70. The molecule has 0 aliphatic rings. The highest BCUT2D eigenvalue weighted by Gasteiger charge is 2.16. The number of aromatic nitrogens is 1. The molecule has 2 rings (SSSR count). The van der Waals surface area contributed by atoms with Crippen LogP contribution in [0.15, 0.2) is 35.0 Å². The van der Waals surface area contributed by atoms with Crippen molar-refractivity contribution in [3.63, 3.8) is 0 Å². The van der Waals surface area contributed by atoms with Crippen molar-refractivity contribution in [1.29, 1.82) is 0 Å². The predicted octanol–water partition coefficient (Wildman–Crippen LogP) is 1.29. The summed E-state index contributed by atoms with van der Waals surface area (Å²) in [6.07, 6.45) is 1.46. The smallest absolute Gasteiger partial charge is 0.292 e. The first kappa shape index (κ1) is 12.6. The standard InChI is InChI=1S/C11H10N4O4/c12-11(16)7-1-2-10(15(17)18)9(5-7)13-6-8-3-4-14-19-8/h1-5,13H,6H2,(H2,12,16). The molecule has 8 nitrogen and oxygen atoms in total. The fourth-order valence-electron chi connectivity index (χ4n) is 1.51. The molecular formula is C11H10N4O4. The van der Waals surface area contributed by atoms with Crippen LogP contribution in [0.4, 0.5) is 11.4 Å². The van der Waals surface area contributed by atoms with E-state index in [4.69, 9.17) is 10.3 Å². The van der Waals surface area contributed by atoms with Gasteiger partial charge in [-0.05, 0) is 12.1 Å². The topological polar surface area (TPSA) is 124 Å². The Bertz CT molecular complexity index is 609. The molecule has 3 N–H and O–H groups in total. The summed E-state index contributed by atoms with van der Waals surface area (Å²) in [4.78, 5) is 21.4. The number of nitrogens with two attached hydrogens (primary N) is 1. The molecule has 2 aromatic rings. The van der Waals surface area contributed by atoms with Gasteiger partial charge in [-0.2, -0.15) is 0 Å². The second-order valence-corrected chi connectivity index (χ2v) is 3.69. The van der Waals surface area contributed by atoms with E-state index in [2.05, 4.69) is 10.5 Å². The summed E-state index contributed by atoms with van der Waals surface area (Å²) in [5, 5.41) is 17.2. The van der Waals surface area contributed by atoms with Gasteiger partial charge >= 0.3 is 0 Å². The molecule has 0 bridgehead atoms. The van der Waals surface area contributed by atoms with Crippen LogP contribution in [0.1, 0.15) is 16.1 Å². The molecule has 0 aliphatic carbocycles. The SMILES string of the molecule is NC(=O)c1ccc([N+](=O)[O-])c(NCc2ccno2)c1. The molecule has 1 amide bonds. The van der Waals surface area contributed by atoms with Gasteiger partial charge in [-0.25, -0.2) is 0 Å². The van der Waals surface area contributed by atoms with Crippen LogP contribution in [0.3, 0.4) is 0 Å². The average molecular weight is 262 g/mol. The summed E-state index contributed by atoms with van der Waals surface area (Å²) in [6, 6.07) is 5.48. The number of carbonyl (C=O) groups is 1.